The van der Waals surface area contributed by atoms with Crippen LogP contribution in [0.3, 0.4) is 0 Å². The molecule has 0 aliphatic rings. The first-order valence-corrected chi connectivity index (χ1v) is 8.54. The molecule has 9 heteroatoms. The quantitative estimate of drug-likeness (QED) is 0.766. The van der Waals surface area contributed by atoms with E-state index in [0.717, 1.165) is 0 Å². The van der Waals surface area contributed by atoms with E-state index in [2.05, 4.69) is 25.6 Å². The number of fused-ring (bicyclic) bond motifs is 1. The van der Waals surface area contributed by atoms with Crippen LogP contribution in [0.4, 0.5) is 10.6 Å². The van der Waals surface area contributed by atoms with E-state index in [9.17, 15) is 9.59 Å². The largest absolute Gasteiger partial charge is 0.465 e. The van der Waals surface area contributed by atoms with Gasteiger partial charge in [-0.05, 0) is 40.7 Å². The summed E-state index contributed by atoms with van der Waals surface area (Å²) in [5, 5.41) is 5.87. The molecule has 0 aliphatic heterocycles. The lowest BCUT2D eigenvalue weighted by molar-refractivity contribution is 0.0510. The summed E-state index contributed by atoms with van der Waals surface area (Å²) in [4.78, 5) is 36.6. The number of methoxy groups -OCH3 is 1. The first kappa shape index (κ1) is 20.3. The molecule has 0 aliphatic carbocycles. The van der Waals surface area contributed by atoms with Crippen molar-refractivity contribution >= 4 is 28.9 Å². The highest BCUT2D eigenvalue weighted by Gasteiger charge is 2.19. The molecule has 0 fully saturated rings. The predicted octanol–water partition coefficient (Wildman–Crippen LogP) is 2.44. The van der Waals surface area contributed by atoms with Gasteiger partial charge in [-0.2, -0.15) is 0 Å². The number of anilines is 1. The highest BCUT2D eigenvalue weighted by molar-refractivity contribution is 6.03. The molecule has 2 aromatic rings. The maximum atomic E-state index is 12.0. The zero-order valence-electron chi connectivity index (χ0n) is 16.4. The Bertz CT molecular complexity index is 847. The van der Waals surface area contributed by atoms with E-state index >= 15 is 0 Å². The second-order valence-electron chi connectivity index (χ2n) is 7.15. The lowest BCUT2D eigenvalue weighted by atomic mass is 10.1. The van der Waals surface area contributed by atoms with Crippen molar-refractivity contribution in [2.75, 3.05) is 19.0 Å². The Morgan fingerprint density at radius 2 is 1.93 bits per heavy atom. The number of pyridine rings is 1. The van der Waals surface area contributed by atoms with Crippen molar-refractivity contribution in [3.63, 3.8) is 0 Å². The summed E-state index contributed by atoms with van der Waals surface area (Å²) in [6.07, 6.45) is 0.853. The zero-order chi connectivity index (χ0) is 20.2. The van der Waals surface area contributed by atoms with E-state index in [-0.39, 0.29) is 6.04 Å². The van der Waals surface area contributed by atoms with Gasteiger partial charge in [-0.25, -0.2) is 24.5 Å². The number of hydrogen-bond donors (Lipinski definition) is 2. The third-order valence-electron chi connectivity index (χ3n) is 3.46. The summed E-state index contributed by atoms with van der Waals surface area (Å²) < 4.78 is 10.0. The fraction of sp³-hybridized carbons (Fsp3) is 0.500. The van der Waals surface area contributed by atoms with E-state index in [1.165, 1.54) is 13.4 Å². The number of nitrogens with one attached hydrogen (secondary N) is 2. The number of nitrogens with zero attached hydrogens (tertiary/aromatic N) is 3. The SMILES string of the molecule is COC(=O)c1cc(C)nc2c(NCC(C)NC(=O)OC(C)(C)C)ncnc12. The number of alkyl carbamates (subject to hydrolysis) is 1. The van der Waals surface area contributed by atoms with E-state index < -0.39 is 17.7 Å². The summed E-state index contributed by atoms with van der Waals surface area (Å²) in [6.45, 7) is 9.39. The minimum Gasteiger partial charge on any atom is -0.465 e. The number of esters is 1. The van der Waals surface area contributed by atoms with Crippen molar-refractivity contribution < 1.29 is 19.1 Å². The molecule has 2 heterocycles. The van der Waals surface area contributed by atoms with E-state index in [1.807, 2.05) is 6.92 Å². The lowest BCUT2D eigenvalue weighted by Crippen LogP contribution is -2.40. The van der Waals surface area contributed by atoms with Crippen molar-refractivity contribution in [1.29, 1.82) is 0 Å². The van der Waals surface area contributed by atoms with Crippen LogP contribution in [0.2, 0.25) is 0 Å². The monoisotopic (exact) mass is 375 g/mol. The van der Waals surface area contributed by atoms with Crippen LogP contribution in [0.1, 0.15) is 43.7 Å². The number of amides is 1. The molecule has 1 amide bonds. The number of ether oxygens (including phenoxy) is 2. The van der Waals surface area contributed by atoms with Gasteiger partial charge in [0.2, 0.25) is 0 Å². The summed E-state index contributed by atoms with van der Waals surface area (Å²) in [7, 11) is 1.31. The average molecular weight is 375 g/mol. The molecule has 0 aromatic carbocycles. The van der Waals surface area contributed by atoms with Crippen molar-refractivity contribution in [2.45, 2.75) is 46.3 Å². The lowest BCUT2D eigenvalue weighted by Gasteiger charge is -2.22. The molecule has 1 atom stereocenters. The van der Waals surface area contributed by atoms with Gasteiger partial charge >= 0.3 is 12.1 Å². The van der Waals surface area contributed by atoms with Gasteiger partial charge in [-0.15, -0.1) is 0 Å². The molecule has 1 unspecified atom stereocenters. The van der Waals surface area contributed by atoms with Crippen LogP contribution >= 0.6 is 0 Å². The fourth-order valence-corrected chi connectivity index (χ4v) is 2.37. The first-order chi connectivity index (χ1) is 12.6. The normalized spacial score (nSPS) is 12.4. The third kappa shape index (κ3) is 5.50. The Kier molecular flexibility index (Phi) is 6.14. The molecule has 27 heavy (non-hydrogen) atoms. The van der Waals surface area contributed by atoms with E-state index in [4.69, 9.17) is 9.47 Å². The molecule has 2 N–H and O–H groups in total. The number of aromatic nitrogens is 3. The standard InChI is InChI=1S/C18H25N5O4/c1-10-7-12(16(24)26-6)13-14(22-10)15(21-9-20-13)19-8-11(2)23-17(25)27-18(3,4)5/h7,9,11H,8H2,1-6H3,(H,23,25)(H,19,20,21). The molecular formula is C18H25N5O4. The van der Waals surface area contributed by atoms with Crippen LogP contribution < -0.4 is 10.6 Å². The molecule has 0 saturated heterocycles. The van der Waals surface area contributed by atoms with Crippen molar-refractivity contribution in [3.05, 3.63) is 23.7 Å². The molecular weight excluding hydrogens is 350 g/mol. The molecule has 0 bridgehead atoms. The Morgan fingerprint density at radius 1 is 1.22 bits per heavy atom. The minimum absolute atomic E-state index is 0.227. The van der Waals surface area contributed by atoms with Gasteiger partial charge in [0.1, 0.15) is 23.0 Å². The number of hydrogen-bond acceptors (Lipinski definition) is 8. The van der Waals surface area contributed by atoms with Gasteiger partial charge in [0, 0.05) is 18.3 Å². The Balaban J connectivity index is 2.16. The smallest absolute Gasteiger partial charge is 0.407 e. The number of aryl methyl sites for hydroxylation is 1. The molecule has 0 spiro atoms. The van der Waals surface area contributed by atoms with Gasteiger partial charge in [0.05, 0.1) is 12.7 Å². The Labute approximate surface area is 157 Å². The predicted molar refractivity (Wildman–Crippen MR) is 101 cm³/mol. The van der Waals surface area contributed by atoms with Crippen LogP contribution in [0, 0.1) is 6.92 Å². The van der Waals surface area contributed by atoms with Gasteiger partial charge in [0.15, 0.2) is 5.82 Å². The summed E-state index contributed by atoms with van der Waals surface area (Å²) in [6, 6.07) is 1.40. The highest BCUT2D eigenvalue weighted by Crippen LogP contribution is 2.22. The number of carbonyl (C=O) groups is 2. The topological polar surface area (TPSA) is 115 Å². The molecule has 9 nitrogen and oxygen atoms in total. The van der Waals surface area contributed by atoms with Gasteiger partial charge in [-0.1, -0.05) is 0 Å². The van der Waals surface area contributed by atoms with E-state index in [1.54, 1.807) is 33.8 Å². The number of rotatable bonds is 5. The average Bonchev–Trinajstić information content (AvgIpc) is 2.56. The third-order valence-corrected chi connectivity index (χ3v) is 3.46. The Morgan fingerprint density at radius 3 is 2.56 bits per heavy atom. The Hall–Kier alpha value is -2.97. The first-order valence-electron chi connectivity index (χ1n) is 8.54. The molecule has 0 radical (unpaired) electrons. The second kappa shape index (κ2) is 8.15. The van der Waals surface area contributed by atoms with Crippen molar-refractivity contribution in [1.82, 2.24) is 20.3 Å². The summed E-state index contributed by atoms with van der Waals surface area (Å²) in [5.74, 6) is -0.0261. The summed E-state index contributed by atoms with van der Waals surface area (Å²) >= 11 is 0. The van der Waals surface area contributed by atoms with Crippen LogP contribution in [-0.2, 0) is 9.47 Å². The van der Waals surface area contributed by atoms with Crippen molar-refractivity contribution in [3.8, 4) is 0 Å². The zero-order valence-corrected chi connectivity index (χ0v) is 16.4. The van der Waals surface area contributed by atoms with Crippen LogP contribution in [0.25, 0.3) is 11.0 Å². The van der Waals surface area contributed by atoms with Crippen LogP contribution in [-0.4, -0.2) is 52.3 Å². The van der Waals surface area contributed by atoms with Crippen LogP contribution in [0.5, 0.6) is 0 Å². The molecule has 0 saturated carbocycles. The highest BCUT2D eigenvalue weighted by atomic mass is 16.6. The number of carbonyl (C=O) groups excluding carboxylic acids is 2. The van der Waals surface area contributed by atoms with Gasteiger partial charge in [0.25, 0.3) is 0 Å². The van der Waals surface area contributed by atoms with Crippen LogP contribution in [0.15, 0.2) is 12.4 Å². The molecule has 2 aromatic heterocycles. The maximum absolute atomic E-state index is 12.0. The van der Waals surface area contributed by atoms with Gasteiger partial charge < -0.3 is 20.1 Å². The molecule has 2 rings (SSSR count). The van der Waals surface area contributed by atoms with Gasteiger partial charge in [-0.3, -0.25) is 0 Å². The minimum atomic E-state index is -0.564. The molecule has 146 valence electrons. The second-order valence-corrected chi connectivity index (χ2v) is 7.15. The van der Waals surface area contributed by atoms with Crippen molar-refractivity contribution in [2.24, 2.45) is 0 Å². The maximum Gasteiger partial charge on any atom is 0.407 e. The summed E-state index contributed by atoms with van der Waals surface area (Å²) in [5.41, 5.74) is 1.26. The van der Waals surface area contributed by atoms with E-state index in [0.29, 0.717) is 34.7 Å². The fourth-order valence-electron chi connectivity index (χ4n) is 2.37.